The van der Waals surface area contributed by atoms with Gasteiger partial charge in [0.05, 0.1) is 24.4 Å². The molecule has 7 heteroatoms. The summed E-state index contributed by atoms with van der Waals surface area (Å²) >= 11 is 1.49. The molecule has 4 aromatic rings. The molecule has 0 atom stereocenters. The lowest BCUT2D eigenvalue weighted by atomic mass is 10.0. The normalized spacial score (nSPS) is 11.3. The molecular formula is C26H29N3O3S. The van der Waals surface area contributed by atoms with Crippen LogP contribution in [0.1, 0.15) is 24.2 Å². The van der Waals surface area contributed by atoms with Crippen LogP contribution in [0.2, 0.25) is 0 Å². The number of anilines is 1. The second-order valence-electron chi connectivity index (χ2n) is 7.68. The zero-order valence-corrected chi connectivity index (χ0v) is 20.3. The van der Waals surface area contributed by atoms with Crippen molar-refractivity contribution in [2.45, 2.75) is 13.8 Å². The van der Waals surface area contributed by atoms with Crippen molar-refractivity contribution in [3.8, 4) is 11.5 Å². The van der Waals surface area contributed by atoms with Crippen LogP contribution in [0.5, 0.6) is 11.5 Å². The van der Waals surface area contributed by atoms with E-state index in [1.807, 2.05) is 59.5 Å². The molecule has 0 aliphatic rings. The van der Waals surface area contributed by atoms with Crippen LogP contribution in [0.3, 0.4) is 0 Å². The number of methoxy groups -OCH3 is 2. The summed E-state index contributed by atoms with van der Waals surface area (Å²) in [7, 11) is 3.23. The van der Waals surface area contributed by atoms with Gasteiger partial charge in [0.25, 0.3) is 5.91 Å². The van der Waals surface area contributed by atoms with Crippen molar-refractivity contribution in [2.75, 3.05) is 45.3 Å². The van der Waals surface area contributed by atoms with Crippen LogP contribution in [0, 0.1) is 0 Å². The molecule has 0 spiro atoms. The molecule has 172 valence electrons. The molecule has 0 fully saturated rings. The average Bonchev–Trinajstić information content (AvgIpc) is 3.27. The Hall–Kier alpha value is -3.16. The van der Waals surface area contributed by atoms with E-state index in [1.54, 1.807) is 14.2 Å². The maximum atomic E-state index is 13.9. The standard InChI is InChI=1S/C26H29N3O3S/c1-5-28(6-2)14-15-29(25(30)20-13-9-11-18-10-7-8-12-19(18)20)26-27-21-16-22(31-3)23(32-4)17-24(21)33-26/h7-13,16-17H,5-6,14-15H2,1-4H3. The molecule has 0 unspecified atom stereocenters. The number of rotatable bonds is 9. The van der Waals surface area contributed by atoms with Crippen molar-refractivity contribution < 1.29 is 14.3 Å². The summed E-state index contributed by atoms with van der Waals surface area (Å²) < 4.78 is 11.8. The van der Waals surface area contributed by atoms with Gasteiger partial charge in [-0.25, -0.2) is 4.98 Å². The van der Waals surface area contributed by atoms with Gasteiger partial charge in [-0.3, -0.25) is 9.69 Å². The van der Waals surface area contributed by atoms with Crippen molar-refractivity contribution >= 4 is 43.4 Å². The van der Waals surface area contributed by atoms with Gasteiger partial charge in [0.15, 0.2) is 16.6 Å². The Morgan fingerprint density at radius 3 is 2.36 bits per heavy atom. The summed E-state index contributed by atoms with van der Waals surface area (Å²) in [5, 5.41) is 2.67. The molecule has 0 radical (unpaired) electrons. The molecule has 0 aliphatic carbocycles. The lowest BCUT2D eigenvalue weighted by Crippen LogP contribution is -2.39. The Morgan fingerprint density at radius 1 is 0.939 bits per heavy atom. The number of nitrogens with zero attached hydrogens (tertiary/aromatic N) is 3. The Morgan fingerprint density at radius 2 is 1.64 bits per heavy atom. The molecule has 0 saturated carbocycles. The summed E-state index contributed by atoms with van der Waals surface area (Å²) in [4.78, 5) is 22.8. The quantitative estimate of drug-likeness (QED) is 0.330. The van der Waals surface area contributed by atoms with Gasteiger partial charge in [-0.2, -0.15) is 0 Å². The van der Waals surface area contributed by atoms with Gasteiger partial charge in [0.2, 0.25) is 0 Å². The number of fused-ring (bicyclic) bond motifs is 2. The number of likely N-dealkylation sites (N-methyl/N-ethyl adjacent to an activating group) is 1. The minimum Gasteiger partial charge on any atom is -0.493 e. The lowest BCUT2D eigenvalue weighted by Gasteiger charge is -2.25. The Labute approximate surface area is 198 Å². The topological polar surface area (TPSA) is 54.9 Å². The smallest absolute Gasteiger partial charge is 0.260 e. The first-order valence-corrected chi connectivity index (χ1v) is 12.0. The van der Waals surface area contributed by atoms with Crippen molar-refractivity contribution in [1.29, 1.82) is 0 Å². The van der Waals surface area contributed by atoms with Crippen molar-refractivity contribution in [1.82, 2.24) is 9.88 Å². The summed E-state index contributed by atoms with van der Waals surface area (Å²) in [5.41, 5.74) is 1.47. The monoisotopic (exact) mass is 463 g/mol. The first kappa shape index (κ1) is 23.0. The van der Waals surface area contributed by atoms with Crippen molar-refractivity contribution in [3.63, 3.8) is 0 Å². The summed E-state index contributed by atoms with van der Waals surface area (Å²) in [6, 6.07) is 17.6. The average molecular weight is 464 g/mol. The zero-order valence-electron chi connectivity index (χ0n) is 19.5. The maximum absolute atomic E-state index is 13.9. The highest BCUT2D eigenvalue weighted by atomic mass is 32.1. The molecule has 1 heterocycles. The fourth-order valence-electron chi connectivity index (χ4n) is 3.98. The predicted octanol–water partition coefficient (Wildman–Crippen LogP) is 5.46. The third-order valence-corrected chi connectivity index (χ3v) is 6.95. The highest BCUT2D eigenvalue weighted by Gasteiger charge is 2.24. The number of aromatic nitrogens is 1. The number of benzene rings is 3. The maximum Gasteiger partial charge on any atom is 0.260 e. The van der Waals surface area contributed by atoms with Gasteiger partial charge in [-0.05, 0) is 29.9 Å². The molecular weight excluding hydrogens is 434 g/mol. The molecule has 0 aliphatic heterocycles. The third kappa shape index (κ3) is 4.65. The molecule has 1 aromatic heterocycles. The fourth-order valence-corrected chi connectivity index (χ4v) is 4.98. The van der Waals surface area contributed by atoms with E-state index >= 15 is 0 Å². The van der Waals surface area contributed by atoms with Crippen LogP contribution < -0.4 is 14.4 Å². The number of thiazole rings is 1. The van der Waals surface area contributed by atoms with E-state index in [0.717, 1.165) is 40.6 Å². The van der Waals surface area contributed by atoms with Crippen LogP contribution in [-0.2, 0) is 0 Å². The van der Waals surface area contributed by atoms with E-state index in [4.69, 9.17) is 14.5 Å². The largest absolute Gasteiger partial charge is 0.493 e. The summed E-state index contributed by atoms with van der Waals surface area (Å²) in [6.07, 6.45) is 0. The summed E-state index contributed by atoms with van der Waals surface area (Å²) in [5.74, 6) is 1.23. The highest BCUT2D eigenvalue weighted by molar-refractivity contribution is 7.22. The van der Waals surface area contributed by atoms with Crippen LogP contribution in [0.25, 0.3) is 21.0 Å². The van der Waals surface area contributed by atoms with Crippen LogP contribution in [0.4, 0.5) is 5.13 Å². The van der Waals surface area contributed by atoms with Crippen LogP contribution in [0.15, 0.2) is 54.6 Å². The van der Waals surface area contributed by atoms with Gasteiger partial charge >= 0.3 is 0 Å². The molecule has 0 N–H and O–H groups in total. The Kier molecular flexibility index (Phi) is 7.11. The molecule has 6 nitrogen and oxygen atoms in total. The molecule has 3 aromatic carbocycles. The summed E-state index contributed by atoms with van der Waals surface area (Å²) in [6.45, 7) is 7.46. The van der Waals surface area contributed by atoms with Crippen LogP contribution in [-0.4, -0.2) is 56.2 Å². The Balaban J connectivity index is 1.78. The number of carbonyl (C=O) groups excluding carboxylic acids is 1. The molecule has 1 amide bonds. The van der Waals surface area contributed by atoms with Gasteiger partial charge in [-0.15, -0.1) is 0 Å². The number of carbonyl (C=O) groups is 1. The van der Waals surface area contributed by atoms with E-state index in [2.05, 4.69) is 18.7 Å². The first-order valence-electron chi connectivity index (χ1n) is 11.1. The van der Waals surface area contributed by atoms with Gasteiger partial charge < -0.3 is 14.4 Å². The Bertz CT molecular complexity index is 1220. The van der Waals surface area contributed by atoms with E-state index in [1.165, 1.54) is 11.3 Å². The third-order valence-electron chi connectivity index (χ3n) is 5.91. The van der Waals surface area contributed by atoms with E-state index in [0.29, 0.717) is 28.7 Å². The minimum atomic E-state index is -0.0445. The molecule has 33 heavy (non-hydrogen) atoms. The highest BCUT2D eigenvalue weighted by Crippen LogP contribution is 2.37. The van der Waals surface area contributed by atoms with Crippen molar-refractivity contribution in [2.24, 2.45) is 0 Å². The van der Waals surface area contributed by atoms with Crippen molar-refractivity contribution in [3.05, 3.63) is 60.2 Å². The fraction of sp³-hybridized carbons (Fsp3) is 0.308. The predicted molar refractivity (Wildman–Crippen MR) is 136 cm³/mol. The lowest BCUT2D eigenvalue weighted by molar-refractivity contribution is 0.0985. The van der Waals surface area contributed by atoms with E-state index in [-0.39, 0.29) is 5.91 Å². The number of hydrogen-bond acceptors (Lipinski definition) is 6. The number of ether oxygens (including phenoxy) is 2. The zero-order chi connectivity index (χ0) is 23.4. The molecule has 4 rings (SSSR count). The van der Waals surface area contributed by atoms with E-state index in [9.17, 15) is 4.79 Å². The number of hydrogen-bond donors (Lipinski definition) is 0. The van der Waals surface area contributed by atoms with Gasteiger partial charge in [-0.1, -0.05) is 61.6 Å². The van der Waals surface area contributed by atoms with Gasteiger partial charge in [0.1, 0.15) is 0 Å². The molecule has 0 bridgehead atoms. The number of amides is 1. The SMILES string of the molecule is CCN(CC)CCN(C(=O)c1cccc2ccccc12)c1nc2cc(OC)c(OC)cc2s1. The van der Waals surface area contributed by atoms with Gasteiger partial charge in [0, 0.05) is 30.8 Å². The van der Waals surface area contributed by atoms with E-state index < -0.39 is 0 Å². The second kappa shape index (κ2) is 10.2. The first-order chi connectivity index (χ1) is 16.1. The minimum absolute atomic E-state index is 0.0445. The molecule has 0 saturated heterocycles. The second-order valence-corrected chi connectivity index (χ2v) is 8.69. The van der Waals surface area contributed by atoms with Crippen LogP contribution >= 0.6 is 11.3 Å².